The highest BCUT2D eigenvalue weighted by atomic mass is 16.1. The molecule has 0 fully saturated rings. The number of allylic oxidation sites excluding steroid dienone is 3. The van der Waals surface area contributed by atoms with Crippen molar-refractivity contribution in [1.29, 1.82) is 0 Å². The first-order chi connectivity index (χ1) is 8.77. The second-order valence-corrected chi connectivity index (χ2v) is 4.05. The maximum Gasteiger partial charge on any atom is 0.224 e. The van der Waals surface area contributed by atoms with Crippen LogP contribution in [-0.2, 0) is 4.79 Å². The number of carbonyl (C=O) groups excluding carboxylic acids is 1. The molecule has 2 nitrogen and oxygen atoms in total. The van der Waals surface area contributed by atoms with E-state index in [4.69, 9.17) is 0 Å². The molecule has 0 spiro atoms. The second-order valence-electron chi connectivity index (χ2n) is 4.05. The Bertz CT molecular complexity index is 432. The van der Waals surface area contributed by atoms with Crippen LogP contribution in [0.25, 0.3) is 6.08 Å². The molecule has 2 heteroatoms. The van der Waals surface area contributed by atoms with Crippen molar-refractivity contribution in [3.8, 4) is 0 Å². The molecule has 96 valence electrons. The summed E-state index contributed by atoms with van der Waals surface area (Å²) in [7, 11) is 0. The Morgan fingerprint density at radius 2 is 2.06 bits per heavy atom. The van der Waals surface area contributed by atoms with E-state index in [0.29, 0.717) is 6.42 Å². The summed E-state index contributed by atoms with van der Waals surface area (Å²) >= 11 is 0. The predicted molar refractivity (Wildman–Crippen MR) is 78.4 cm³/mol. The van der Waals surface area contributed by atoms with E-state index in [1.807, 2.05) is 49.4 Å². The SMILES string of the molecule is C/C=C/CCC(=O)Nc1ccccc1/C=C/CC. The predicted octanol–water partition coefficient (Wildman–Crippen LogP) is 4.40. The van der Waals surface area contributed by atoms with E-state index in [9.17, 15) is 4.79 Å². The topological polar surface area (TPSA) is 29.1 Å². The van der Waals surface area contributed by atoms with Crippen molar-refractivity contribution < 1.29 is 4.79 Å². The summed E-state index contributed by atoms with van der Waals surface area (Å²) in [4.78, 5) is 11.7. The van der Waals surface area contributed by atoms with Crippen LogP contribution in [0.1, 0.15) is 38.7 Å². The van der Waals surface area contributed by atoms with Crippen molar-refractivity contribution >= 4 is 17.7 Å². The number of hydrogen-bond acceptors (Lipinski definition) is 1. The molecule has 1 N–H and O–H groups in total. The van der Waals surface area contributed by atoms with E-state index >= 15 is 0 Å². The second kappa shape index (κ2) is 8.29. The van der Waals surface area contributed by atoms with Crippen LogP contribution in [0, 0.1) is 0 Å². The van der Waals surface area contributed by atoms with Gasteiger partial charge in [0.15, 0.2) is 0 Å². The van der Waals surface area contributed by atoms with Gasteiger partial charge in [-0.3, -0.25) is 4.79 Å². The Balaban J connectivity index is 2.65. The van der Waals surface area contributed by atoms with Crippen molar-refractivity contribution in [1.82, 2.24) is 0 Å². The van der Waals surface area contributed by atoms with E-state index in [2.05, 4.69) is 18.3 Å². The highest BCUT2D eigenvalue weighted by Crippen LogP contribution is 2.17. The quantitative estimate of drug-likeness (QED) is 0.737. The maximum atomic E-state index is 11.7. The largest absolute Gasteiger partial charge is 0.326 e. The number of anilines is 1. The number of benzene rings is 1. The van der Waals surface area contributed by atoms with Crippen molar-refractivity contribution in [2.45, 2.75) is 33.1 Å². The minimum Gasteiger partial charge on any atom is -0.326 e. The van der Waals surface area contributed by atoms with Gasteiger partial charge in [-0.25, -0.2) is 0 Å². The van der Waals surface area contributed by atoms with Gasteiger partial charge in [-0.1, -0.05) is 49.4 Å². The lowest BCUT2D eigenvalue weighted by Crippen LogP contribution is -2.11. The summed E-state index contributed by atoms with van der Waals surface area (Å²) in [6.07, 6.45) is 10.4. The Hall–Kier alpha value is -1.83. The van der Waals surface area contributed by atoms with E-state index in [-0.39, 0.29) is 5.91 Å². The molecule has 0 saturated heterocycles. The Morgan fingerprint density at radius 3 is 2.78 bits per heavy atom. The summed E-state index contributed by atoms with van der Waals surface area (Å²) < 4.78 is 0. The van der Waals surface area contributed by atoms with E-state index in [1.165, 1.54) is 0 Å². The van der Waals surface area contributed by atoms with Crippen LogP contribution < -0.4 is 5.32 Å². The van der Waals surface area contributed by atoms with Crippen LogP contribution >= 0.6 is 0 Å². The number of amides is 1. The Labute approximate surface area is 109 Å². The van der Waals surface area contributed by atoms with Gasteiger partial charge in [-0.05, 0) is 31.4 Å². The van der Waals surface area contributed by atoms with Gasteiger partial charge in [0.25, 0.3) is 0 Å². The van der Waals surface area contributed by atoms with Gasteiger partial charge < -0.3 is 5.32 Å². The average molecular weight is 243 g/mol. The van der Waals surface area contributed by atoms with Gasteiger partial charge in [0.1, 0.15) is 0 Å². The normalized spacial score (nSPS) is 11.2. The van der Waals surface area contributed by atoms with Crippen molar-refractivity contribution in [3.63, 3.8) is 0 Å². The van der Waals surface area contributed by atoms with Gasteiger partial charge in [0, 0.05) is 12.1 Å². The molecule has 0 bridgehead atoms. The van der Waals surface area contributed by atoms with Gasteiger partial charge in [-0.15, -0.1) is 0 Å². The fourth-order valence-corrected chi connectivity index (χ4v) is 1.59. The molecule has 1 aromatic rings. The molecule has 0 aliphatic rings. The maximum absolute atomic E-state index is 11.7. The lowest BCUT2D eigenvalue weighted by molar-refractivity contribution is -0.116. The van der Waals surface area contributed by atoms with Gasteiger partial charge >= 0.3 is 0 Å². The first-order valence-corrected chi connectivity index (χ1v) is 6.44. The summed E-state index contributed by atoms with van der Waals surface area (Å²) in [5.74, 6) is 0.0606. The van der Waals surface area contributed by atoms with E-state index < -0.39 is 0 Å². The first kappa shape index (κ1) is 14.2. The highest BCUT2D eigenvalue weighted by Gasteiger charge is 2.03. The summed E-state index contributed by atoms with van der Waals surface area (Å²) in [6, 6.07) is 7.85. The van der Waals surface area contributed by atoms with Gasteiger partial charge in [-0.2, -0.15) is 0 Å². The molecule has 0 aliphatic carbocycles. The molecule has 1 rings (SSSR count). The van der Waals surface area contributed by atoms with Crippen LogP contribution in [-0.4, -0.2) is 5.91 Å². The molecule has 1 amide bonds. The zero-order valence-corrected chi connectivity index (χ0v) is 11.1. The van der Waals surface area contributed by atoms with E-state index in [0.717, 1.165) is 24.1 Å². The fourth-order valence-electron chi connectivity index (χ4n) is 1.59. The monoisotopic (exact) mass is 243 g/mol. The molecule has 0 radical (unpaired) electrons. The minimum atomic E-state index is 0.0606. The van der Waals surface area contributed by atoms with Crippen molar-refractivity contribution in [2.75, 3.05) is 5.32 Å². The molecule has 0 aromatic heterocycles. The van der Waals surface area contributed by atoms with Crippen molar-refractivity contribution in [2.24, 2.45) is 0 Å². The zero-order chi connectivity index (χ0) is 13.2. The highest BCUT2D eigenvalue weighted by molar-refractivity contribution is 5.92. The summed E-state index contributed by atoms with van der Waals surface area (Å²) in [6.45, 7) is 4.05. The smallest absolute Gasteiger partial charge is 0.224 e. The summed E-state index contributed by atoms with van der Waals surface area (Å²) in [5.41, 5.74) is 1.94. The van der Waals surface area contributed by atoms with E-state index in [1.54, 1.807) is 0 Å². The number of para-hydroxylation sites is 1. The molecule has 0 heterocycles. The standard InChI is InChI=1S/C16H21NO/c1-3-5-7-13-16(18)17-15-12-9-8-11-14(15)10-6-4-2/h3,5-6,8-12H,4,7,13H2,1-2H3,(H,17,18)/b5-3+,10-6+. The number of nitrogens with one attached hydrogen (secondary N) is 1. The third-order valence-corrected chi connectivity index (χ3v) is 2.54. The minimum absolute atomic E-state index is 0.0606. The average Bonchev–Trinajstić information content (AvgIpc) is 2.38. The number of hydrogen-bond donors (Lipinski definition) is 1. The Morgan fingerprint density at radius 1 is 1.28 bits per heavy atom. The van der Waals surface area contributed by atoms with Crippen LogP contribution in [0.3, 0.4) is 0 Å². The zero-order valence-electron chi connectivity index (χ0n) is 11.1. The fraction of sp³-hybridized carbons (Fsp3) is 0.312. The lowest BCUT2D eigenvalue weighted by atomic mass is 10.1. The van der Waals surface area contributed by atoms with Crippen LogP contribution in [0.15, 0.2) is 42.5 Å². The molecule has 0 saturated carbocycles. The molecule has 0 aliphatic heterocycles. The molecule has 1 aromatic carbocycles. The van der Waals surface area contributed by atoms with Crippen LogP contribution in [0.5, 0.6) is 0 Å². The van der Waals surface area contributed by atoms with Crippen LogP contribution in [0.4, 0.5) is 5.69 Å². The van der Waals surface area contributed by atoms with Crippen molar-refractivity contribution in [3.05, 3.63) is 48.1 Å². The Kier molecular flexibility index (Phi) is 6.55. The molecular weight excluding hydrogens is 222 g/mol. The molecule has 0 atom stereocenters. The third-order valence-electron chi connectivity index (χ3n) is 2.54. The third kappa shape index (κ3) is 5.00. The molecule has 0 unspecified atom stereocenters. The van der Waals surface area contributed by atoms with Crippen LogP contribution in [0.2, 0.25) is 0 Å². The molecule has 18 heavy (non-hydrogen) atoms. The number of rotatable bonds is 6. The lowest BCUT2D eigenvalue weighted by Gasteiger charge is -2.07. The molecular formula is C16H21NO. The number of carbonyl (C=O) groups is 1. The van der Waals surface area contributed by atoms with Gasteiger partial charge in [0.2, 0.25) is 5.91 Å². The first-order valence-electron chi connectivity index (χ1n) is 6.44. The van der Waals surface area contributed by atoms with Gasteiger partial charge in [0.05, 0.1) is 0 Å². The summed E-state index contributed by atoms with van der Waals surface area (Å²) in [5, 5.41) is 2.95.